The van der Waals surface area contributed by atoms with Gasteiger partial charge < -0.3 is 10.2 Å². The Labute approximate surface area is 120 Å². The lowest BCUT2D eigenvalue weighted by Crippen LogP contribution is -2.22. The number of thioether (sulfide) groups is 1. The number of nitrogens with zero attached hydrogens (tertiary/aromatic N) is 1. The molecule has 1 aromatic carbocycles. The third-order valence-electron chi connectivity index (χ3n) is 2.89. The van der Waals surface area contributed by atoms with Crippen LogP contribution in [-0.4, -0.2) is 31.0 Å². The SMILES string of the molecule is CCCCSC(C)C(=O)Nc1ccc(N(C)C)cc1. The second-order valence-corrected chi connectivity index (χ2v) is 6.25. The number of hydrogen-bond acceptors (Lipinski definition) is 3. The lowest BCUT2D eigenvalue weighted by molar-refractivity contribution is -0.115. The van der Waals surface area contributed by atoms with Gasteiger partial charge in [0.05, 0.1) is 5.25 Å². The van der Waals surface area contributed by atoms with Gasteiger partial charge in [-0.2, -0.15) is 0 Å². The lowest BCUT2D eigenvalue weighted by atomic mass is 10.2. The van der Waals surface area contributed by atoms with Crippen LogP contribution in [0.15, 0.2) is 24.3 Å². The van der Waals surface area contributed by atoms with Crippen LogP contribution in [0.1, 0.15) is 26.7 Å². The number of anilines is 2. The molecule has 1 atom stereocenters. The summed E-state index contributed by atoms with van der Waals surface area (Å²) >= 11 is 1.72. The third kappa shape index (κ3) is 5.55. The molecule has 0 spiro atoms. The third-order valence-corrected chi connectivity index (χ3v) is 4.12. The Morgan fingerprint density at radius 3 is 2.47 bits per heavy atom. The molecule has 0 aliphatic rings. The molecule has 1 aromatic rings. The summed E-state index contributed by atoms with van der Waals surface area (Å²) in [6.45, 7) is 4.13. The van der Waals surface area contributed by atoms with Gasteiger partial charge in [-0.3, -0.25) is 4.79 Å². The van der Waals surface area contributed by atoms with Crippen molar-refractivity contribution in [1.82, 2.24) is 0 Å². The quantitative estimate of drug-likeness (QED) is 0.774. The van der Waals surface area contributed by atoms with Gasteiger partial charge in [-0.1, -0.05) is 13.3 Å². The monoisotopic (exact) mass is 280 g/mol. The first kappa shape index (κ1) is 15.9. The summed E-state index contributed by atoms with van der Waals surface area (Å²) in [5, 5.41) is 2.96. The molecule has 1 rings (SSSR count). The molecule has 0 bridgehead atoms. The van der Waals surface area contributed by atoms with Crippen LogP contribution in [0.2, 0.25) is 0 Å². The predicted molar refractivity (Wildman–Crippen MR) is 86.2 cm³/mol. The number of carbonyl (C=O) groups is 1. The van der Waals surface area contributed by atoms with Crippen molar-refractivity contribution >= 4 is 29.0 Å². The maximum atomic E-state index is 12.0. The van der Waals surface area contributed by atoms with Gasteiger partial charge in [0.2, 0.25) is 5.91 Å². The van der Waals surface area contributed by atoms with Crippen molar-refractivity contribution in [3.8, 4) is 0 Å². The number of unbranched alkanes of at least 4 members (excludes halogenated alkanes) is 1. The summed E-state index contributed by atoms with van der Waals surface area (Å²) in [6.07, 6.45) is 2.34. The molecule has 3 nitrogen and oxygen atoms in total. The molecule has 4 heteroatoms. The fraction of sp³-hybridized carbons (Fsp3) is 0.533. The second kappa shape index (κ2) is 8.10. The van der Waals surface area contributed by atoms with Gasteiger partial charge in [0.25, 0.3) is 0 Å². The lowest BCUT2D eigenvalue weighted by Gasteiger charge is -2.14. The highest BCUT2D eigenvalue weighted by Gasteiger charge is 2.12. The highest BCUT2D eigenvalue weighted by Crippen LogP contribution is 2.18. The van der Waals surface area contributed by atoms with E-state index in [-0.39, 0.29) is 11.2 Å². The Balaban J connectivity index is 2.47. The molecule has 0 radical (unpaired) electrons. The Hall–Kier alpha value is -1.16. The smallest absolute Gasteiger partial charge is 0.237 e. The van der Waals surface area contributed by atoms with E-state index in [1.54, 1.807) is 11.8 Å². The fourth-order valence-electron chi connectivity index (χ4n) is 1.57. The predicted octanol–water partition coefficient (Wildman–Crippen LogP) is 3.61. The van der Waals surface area contributed by atoms with Crippen molar-refractivity contribution < 1.29 is 4.79 Å². The minimum atomic E-state index is 0.0000697. The zero-order valence-electron chi connectivity index (χ0n) is 12.3. The molecule has 0 heterocycles. The number of carbonyl (C=O) groups excluding carboxylic acids is 1. The molecule has 106 valence electrons. The number of benzene rings is 1. The van der Waals surface area contributed by atoms with Gasteiger partial charge in [-0.15, -0.1) is 11.8 Å². The highest BCUT2D eigenvalue weighted by atomic mass is 32.2. The van der Waals surface area contributed by atoms with Crippen LogP contribution in [0.3, 0.4) is 0 Å². The second-order valence-electron chi connectivity index (χ2n) is 4.80. The van der Waals surface area contributed by atoms with Crippen LogP contribution >= 0.6 is 11.8 Å². The van der Waals surface area contributed by atoms with E-state index in [9.17, 15) is 4.79 Å². The van der Waals surface area contributed by atoms with E-state index in [0.717, 1.165) is 17.1 Å². The van der Waals surface area contributed by atoms with E-state index in [1.807, 2.05) is 50.2 Å². The molecular formula is C15H24N2OS. The minimum absolute atomic E-state index is 0.0000697. The van der Waals surface area contributed by atoms with Gasteiger partial charge in [0.15, 0.2) is 0 Å². The molecular weight excluding hydrogens is 256 g/mol. The first-order valence-corrected chi connectivity index (χ1v) is 7.79. The topological polar surface area (TPSA) is 32.3 Å². The molecule has 0 aliphatic heterocycles. The average Bonchev–Trinajstić information content (AvgIpc) is 2.39. The van der Waals surface area contributed by atoms with Crippen LogP contribution in [-0.2, 0) is 4.79 Å². The first-order valence-electron chi connectivity index (χ1n) is 6.74. The molecule has 1 amide bonds. The molecule has 1 N–H and O–H groups in total. The summed E-state index contributed by atoms with van der Waals surface area (Å²) in [6, 6.07) is 7.89. The first-order chi connectivity index (χ1) is 9.04. The maximum absolute atomic E-state index is 12.0. The molecule has 0 saturated heterocycles. The normalized spacial score (nSPS) is 12.0. The van der Waals surface area contributed by atoms with Crippen LogP contribution in [0, 0.1) is 0 Å². The molecule has 1 unspecified atom stereocenters. The molecule has 0 aliphatic carbocycles. The van der Waals surface area contributed by atoms with E-state index < -0.39 is 0 Å². The Morgan fingerprint density at radius 1 is 1.32 bits per heavy atom. The summed E-state index contributed by atoms with van der Waals surface area (Å²) in [5.74, 6) is 1.13. The number of hydrogen-bond donors (Lipinski definition) is 1. The van der Waals surface area contributed by atoms with Gasteiger partial charge in [0.1, 0.15) is 0 Å². The summed E-state index contributed by atoms with van der Waals surface area (Å²) in [5.41, 5.74) is 1.99. The van der Waals surface area contributed by atoms with Crippen molar-refractivity contribution in [2.24, 2.45) is 0 Å². The number of rotatable bonds is 7. The van der Waals surface area contributed by atoms with Crippen molar-refractivity contribution in [3.05, 3.63) is 24.3 Å². The average molecular weight is 280 g/mol. The zero-order valence-corrected chi connectivity index (χ0v) is 13.1. The molecule has 0 aromatic heterocycles. The zero-order chi connectivity index (χ0) is 14.3. The van der Waals surface area contributed by atoms with Crippen LogP contribution in [0.25, 0.3) is 0 Å². The summed E-state index contributed by atoms with van der Waals surface area (Å²) in [4.78, 5) is 14.0. The summed E-state index contributed by atoms with van der Waals surface area (Å²) < 4.78 is 0. The van der Waals surface area contributed by atoms with Crippen LogP contribution in [0.4, 0.5) is 11.4 Å². The minimum Gasteiger partial charge on any atom is -0.378 e. The van der Waals surface area contributed by atoms with Gasteiger partial charge >= 0.3 is 0 Å². The van der Waals surface area contributed by atoms with Gasteiger partial charge in [-0.05, 0) is 43.4 Å². The number of nitrogens with one attached hydrogen (secondary N) is 1. The van der Waals surface area contributed by atoms with Crippen molar-refractivity contribution in [1.29, 1.82) is 0 Å². The van der Waals surface area contributed by atoms with E-state index in [0.29, 0.717) is 0 Å². The Bertz CT molecular complexity index is 390. The molecule has 0 saturated carbocycles. The van der Waals surface area contributed by atoms with E-state index in [1.165, 1.54) is 12.8 Å². The van der Waals surface area contributed by atoms with Crippen LogP contribution < -0.4 is 10.2 Å². The summed E-state index contributed by atoms with van der Waals surface area (Å²) in [7, 11) is 4.00. The van der Waals surface area contributed by atoms with Crippen molar-refractivity contribution in [2.45, 2.75) is 31.9 Å². The van der Waals surface area contributed by atoms with Gasteiger partial charge in [-0.25, -0.2) is 0 Å². The van der Waals surface area contributed by atoms with E-state index >= 15 is 0 Å². The van der Waals surface area contributed by atoms with Crippen LogP contribution in [0.5, 0.6) is 0 Å². The fourth-order valence-corrected chi connectivity index (χ4v) is 2.59. The van der Waals surface area contributed by atoms with Crippen molar-refractivity contribution in [2.75, 3.05) is 30.1 Å². The standard InChI is InChI=1S/C15H24N2OS/c1-5-6-11-19-12(2)15(18)16-13-7-9-14(10-8-13)17(3)4/h7-10,12H,5-6,11H2,1-4H3,(H,16,18). The highest BCUT2D eigenvalue weighted by molar-refractivity contribution is 8.00. The Kier molecular flexibility index (Phi) is 6.78. The number of amides is 1. The van der Waals surface area contributed by atoms with Gasteiger partial charge in [0, 0.05) is 25.5 Å². The van der Waals surface area contributed by atoms with Crippen molar-refractivity contribution in [3.63, 3.8) is 0 Å². The van der Waals surface area contributed by atoms with E-state index in [4.69, 9.17) is 0 Å². The maximum Gasteiger partial charge on any atom is 0.237 e. The van der Waals surface area contributed by atoms with E-state index in [2.05, 4.69) is 12.2 Å². The molecule has 19 heavy (non-hydrogen) atoms. The molecule has 0 fully saturated rings. The largest absolute Gasteiger partial charge is 0.378 e. The Morgan fingerprint density at radius 2 is 1.95 bits per heavy atom.